The quantitative estimate of drug-likeness (QED) is 0.824. The molecule has 2 aromatic rings. The number of carbonyl (C=O) groups excluding carboxylic acids is 2. The first kappa shape index (κ1) is 14.2. The summed E-state index contributed by atoms with van der Waals surface area (Å²) in [5, 5.41) is 19.9. The van der Waals surface area contributed by atoms with Crippen LogP contribution < -0.4 is 0 Å². The zero-order chi connectivity index (χ0) is 15.1. The highest BCUT2D eigenvalue weighted by Crippen LogP contribution is 2.34. The van der Waals surface area contributed by atoms with Crippen LogP contribution in [0.5, 0.6) is 0 Å². The molecule has 6 heteroatoms. The van der Waals surface area contributed by atoms with E-state index in [9.17, 15) is 14.7 Å². The molecule has 2 N–H and O–H groups in total. The number of aliphatic hydroxyl groups is 2. The van der Waals surface area contributed by atoms with Gasteiger partial charge in [-0.1, -0.05) is 28.1 Å². The molecular formula is C15H12BrNO4. The second-order valence-corrected chi connectivity index (χ2v) is 5.73. The molecule has 0 aliphatic carbocycles. The van der Waals surface area contributed by atoms with E-state index in [1.54, 1.807) is 24.3 Å². The number of β-amino-alcohol motifs (C(OH)–C–C–N with tert-alkyl or cyclic N) is 1. The normalized spacial score (nSPS) is 15.7. The molecule has 0 unspecified atom stereocenters. The minimum Gasteiger partial charge on any atom is -0.394 e. The average Bonchev–Trinajstić information content (AvgIpc) is 2.50. The van der Waals surface area contributed by atoms with Crippen LogP contribution in [-0.4, -0.2) is 46.2 Å². The zero-order valence-electron chi connectivity index (χ0n) is 10.9. The Bertz CT molecular complexity index is 736. The molecule has 21 heavy (non-hydrogen) atoms. The summed E-state index contributed by atoms with van der Waals surface area (Å²) in [4.78, 5) is 25.9. The molecule has 1 aliphatic heterocycles. The van der Waals surface area contributed by atoms with Crippen molar-refractivity contribution in [2.75, 3.05) is 13.2 Å². The van der Waals surface area contributed by atoms with E-state index < -0.39 is 24.5 Å². The van der Waals surface area contributed by atoms with Crippen LogP contribution in [0.15, 0.2) is 34.8 Å². The van der Waals surface area contributed by atoms with Gasteiger partial charge in [-0.05, 0) is 23.6 Å². The number of hydrogen-bond donors (Lipinski definition) is 2. The van der Waals surface area contributed by atoms with Crippen LogP contribution in [0.2, 0.25) is 0 Å². The first-order valence-corrected chi connectivity index (χ1v) is 7.20. The van der Waals surface area contributed by atoms with Crippen LogP contribution in [0.1, 0.15) is 20.7 Å². The number of imide groups is 1. The lowest BCUT2D eigenvalue weighted by Crippen LogP contribution is -2.45. The second kappa shape index (κ2) is 5.22. The number of nitrogens with zero attached hydrogens (tertiary/aromatic N) is 1. The molecule has 2 aromatic carbocycles. The summed E-state index contributed by atoms with van der Waals surface area (Å²) >= 11 is 3.42. The molecule has 1 heterocycles. The fourth-order valence-electron chi connectivity index (χ4n) is 2.54. The number of hydrogen-bond acceptors (Lipinski definition) is 4. The van der Waals surface area contributed by atoms with Gasteiger partial charge >= 0.3 is 0 Å². The molecule has 0 spiro atoms. The van der Waals surface area contributed by atoms with Gasteiger partial charge in [-0.3, -0.25) is 14.5 Å². The smallest absolute Gasteiger partial charge is 0.261 e. The van der Waals surface area contributed by atoms with Gasteiger partial charge in [0.25, 0.3) is 11.8 Å². The van der Waals surface area contributed by atoms with Gasteiger partial charge in [0.05, 0.1) is 19.3 Å². The van der Waals surface area contributed by atoms with Crippen molar-refractivity contribution in [3.63, 3.8) is 0 Å². The third kappa shape index (κ3) is 2.16. The number of rotatable bonds is 3. The van der Waals surface area contributed by atoms with Crippen molar-refractivity contribution < 1.29 is 19.8 Å². The Morgan fingerprint density at radius 2 is 1.76 bits per heavy atom. The first-order valence-electron chi connectivity index (χ1n) is 6.41. The van der Waals surface area contributed by atoms with Gasteiger partial charge in [0, 0.05) is 21.0 Å². The fraction of sp³-hybridized carbons (Fsp3) is 0.200. The summed E-state index contributed by atoms with van der Waals surface area (Å²) in [5.41, 5.74) is 0.849. The van der Waals surface area contributed by atoms with Gasteiger partial charge in [-0.2, -0.15) is 0 Å². The van der Waals surface area contributed by atoms with Crippen LogP contribution in [0.3, 0.4) is 0 Å². The van der Waals surface area contributed by atoms with E-state index in [4.69, 9.17) is 5.11 Å². The zero-order valence-corrected chi connectivity index (χ0v) is 12.5. The SMILES string of the molecule is O=C1c2cccc3c(Br)ccc(c23)C(=O)N1C[C@H](O)CO. The Kier molecular flexibility index (Phi) is 3.52. The molecule has 0 bridgehead atoms. The molecule has 0 aromatic heterocycles. The Balaban J connectivity index is 2.20. The average molecular weight is 350 g/mol. The standard InChI is InChI=1S/C15H12BrNO4/c16-12-5-4-11-13-9(12)2-1-3-10(13)14(20)17(15(11)21)6-8(19)7-18/h1-5,8,18-19H,6-7H2/t8-/m0/s1. The van der Waals surface area contributed by atoms with Crippen LogP contribution in [0.4, 0.5) is 0 Å². The minimum absolute atomic E-state index is 0.222. The molecule has 1 atom stereocenters. The van der Waals surface area contributed by atoms with Crippen molar-refractivity contribution >= 4 is 38.5 Å². The van der Waals surface area contributed by atoms with Gasteiger partial charge in [0.2, 0.25) is 0 Å². The van der Waals surface area contributed by atoms with E-state index in [2.05, 4.69) is 15.9 Å². The lowest BCUT2D eigenvalue weighted by Gasteiger charge is -2.28. The summed E-state index contributed by atoms with van der Waals surface area (Å²) in [6, 6.07) is 8.66. The molecule has 0 saturated carbocycles. The summed E-state index contributed by atoms with van der Waals surface area (Å²) in [7, 11) is 0. The second-order valence-electron chi connectivity index (χ2n) is 4.88. The molecular weight excluding hydrogens is 338 g/mol. The Morgan fingerprint density at radius 1 is 1.10 bits per heavy atom. The highest BCUT2D eigenvalue weighted by atomic mass is 79.9. The Morgan fingerprint density at radius 3 is 2.43 bits per heavy atom. The lowest BCUT2D eigenvalue weighted by molar-refractivity contribution is 0.0391. The van der Waals surface area contributed by atoms with Gasteiger partial charge in [-0.15, -0.1) is 0 Å². The summed E-state index contributed by atoms with van der Waals surface area (Å²) in [6.45, 7) is -0.728. The first-order chi connectivity index (χ1) is 10.0. The fourth-order valence-corrected chi connectivity index (χ4v) is 3.01. The Labute approximate surface area is 128 Å². The molecule has 3 rings (SSSR count). The summed E-state index contributed by atoms with van der Waals surface area (Å²) in [6.07, 6.45) is -1.14. The third-order valence-electron chi connectivity index (χ3n) is 3.54. The molecule has 108 valence electrons. The Hall–Kier alpha value is -1.76. The van der Waals surface area contributed by atoms with E-state index in [-0.39, 0.29) is 6.54 Å². The topological polar surface area (TPSA) is 77.8 Å². The maximum absolute atomic E-state index is 12.5. The van der Waals surface area contributed by atoms with E-state index in [0.717, 1.165) is 14.8 Å². The van der Waals surface area contributed by atoms with E-state index in [1.807, 2.05) is 6.07 Å². The van der Waals surface area contributed by atoms with Crippen molar-refractivity contribution in [1.29, 1.82) is 0 Å². The maximum Gasteiger partial charge on any atom is 0.261 e. The molecule has 0 saturated heterocycles. The van der Waals surface area contributed by atoms with Crippen LogP contribution >= 0.6 is 15.9 Å². The van der Waals surface area contributed by atoms with Gasteiger partial charge in [0.1, 0.15) is 0 Å². The van der Waals surface area contributed by atoms with Crippen LogP contribution in [0.25, 0.3) is 10.8 Å². The van der Waals surface area contributed by atoms with E-state index in [0.29, 0.717) is 16.5 Å². The largest absolute Gasteiger partial charge is 0.394 e. The van der Waals surface area contributed by atoms with Crippen molar-refractivity contribution in [3.8, 4) is 0 Å². The van der Waals surface area contributed by atoms with Crippen molar-refractivity contribution in [2.24, 2.45) is 0 Å². The van der Waals surface area contributed by atoms with E-state index in [1.165, 1.54) is 0 Å². The number of benzene rings is 2. The van der Waals surface area contributed by atoms with Crippen LogP contribution in [-0.2, 0) is 0 Å². The molecule has 0 radical (unpaired) electrons. The van der Waals surface area contributed by atoms with E-state index >= 15 is 0 Å². The minimum atomic E-state index is -1.14. The van der Waals surface area contributed by atoms with Crippen molar-refractivity contribution in [1.82, 2.24) is 4.90 Å². The monoisotopic (exact) mass is 349 g/mol. The molecule has 2 amide bonds. The summed E-state index contributed by atoms with van der Waals surface area (Å²) in [5.74, 6) is -0.910. The highest BCUT2D eigenvalue weighted by molar-refractivity contribution is 9.10. The number of halogens is 1. The lowest BCUT2D eigenvalue weighted by atomic mass is 9.94. The van der Waals surface area contributed by atoms with Crippen LogP contribution in [0, 0.1) is 0 Å². The maximum atomic E-state index is 12.5. The predicted octanol–water partition coefficient (Wildman–Crippen LogP) is 1.55. The summed E-state index contributed by atoms with van der Waals surface area (Å²) < 4.78 is 0.813. The highest BCUT2D eigenvalue weighted by Gasteiger charge is 2.34. The molecule has 1 aliphatic rings. The predicted molar refractivity (Wildman–Crippen MR) is 80.1 cm³/mol. The van der Waals surface area contributed by atoms with Gasteiger partial charge in [0.15, 0.2) is 0 Å². The van der Waals surface area contributed by atoms with Gasteiger partial charge in [-0.25, -0.2) is 0 Å². The molecule has 0 fully saturated rings. The number of carbonyl (C=O) groups is 2. The van der Waals surface area contributed by atoms with Crippen molar-refractivity contribution in [3.05, 3.63) is 45.9 Å². The number of aliphatic hydroxyl groups excluding tert-OH is 2. The third-order valence-corrected chi connectivity index (χ3v) is 4.23. The molecule has 5 nitrogen and oxygen atoms in total. The van der Waals surface area contributed by atoms with Gasteiger partial charge < -0.3 is 10.2 Å². The number of amides is 2. The van der Waals surface area contributed by atoms with Crippen molar-refractivity contribution in [2.45, 2.75) is 6.10 Å².